The molecule has 1 heterocycles. The van der Waals surface area contributed by atoms with Crippen LogP contribution in [0, 0.1) is 0 Å². The normalized spacial score (nSPS) is 18.1. The van der Waals surface area contributed by atoms with Crippen LogP contribution >= 0.6 is 23.2 Å². The molecule has 138 valence electrons. The van der Waals surface area contributed by atoms with Crippen LogP contribution < -0.4 is 0 Å². The second-order valence-corrected chi connectivity index (χ2v) is 8.66. The van der Waals surface area contributed by atoms with Gasteiger partial charge >= 0.3 is 5.97 Å². The summed E-state index contributed by atoms with van der Waals surface area (Å²) in [5.74, 6) is -1.05. The molecule has 9 heteroatoms. The van der Waals surface area contributed by atoms with Crippen molar-refractivity contribution in [1.82, 2.24) is 9.21 Å². The molecule has 1 aromatic rings. The largest absolute Gasteiger partial charge is 0.478 e. The summed E-state index contributed by atoms with van der Waals surface area (Å²) in [6.07, 6.45) is 3.53. The lowest BCUT2D eigenvalue weighted by molar-refractivity contribution is -0.130. The standard InChI is InChI=1S/C16H20Cl2N2O4S/c1-25(23,24)20-7-2-6-19(9-10-20)8-5-13(16(21)22)12-3-4-14(17)15(18)11-12/h3-5,11H,2,6-10H2,1H3,(H,21,22)/b13-5-. The number of sulfonamides is 1. The van der Waals surface area contributed by atoms with Gasteiger partial charge in [-0.05, 0) is 30.7 Å². The van der Waals surface area contributed by atoms with Crippen molar-refractivity contribution in [3.8, 4) is 0 Å². The van der Waals surface area contributed by atoms with Gasteiger partial charge in [0.2, 0.25) is 10.0 Å². The van der Waals surface area contributed by atoms with E-state index in [2.05, 4.69) is 0 Å². The molecule has 0 bridgehead atoms. The van der Waals surface area contributed by atoms with Gasteiger partial charge in [0.25, 0.3) is 0 Å². The van der Waals surface area contributed by atoms with Gasteiger partial charge in [0.15, 0.2) is 0 Å². The average molecular weight is 407 g/mol. The van der Waals surface area contributed by atoms with E-state index in [0.717, 1.165) is 0 Å². The number of hydrogen-bond donors (Lipinski definition) is 1. The topological polar surface area (TPSA) is 77.9 Å². The van der Waals surface area contributed by atoms with Crippen LogP contribution in [0.2, 0.25) is 10.0 Å². The van der Waals surface area contributed by atoms with Crippen LogP contribution in [-0.4, -0.2) is 67.7 Å². The molecule has 1 saturated heterocycles. The molecule has 0 unspecified atom stereocenters. The zero-order chi connectivity index (χ0) is 18.6. The Hall–Kier alpha value is -1.12. The fourth-order valence-corrected chi connectivity index (χ4v) is 3.85. The van der Waals surface area contributed by atoms with Crippen molar-refractivity contribution < 1.29 is 18.3 Å². The van der Waals surface area contributed by atoms with Crippen molar-refractivity contribution in [2.24, 2.45) is 0 Å². The van der Waals surface area contributed by atoms with Crippen molar-refractivity contribution in [2.75, 3.05) is 39.0 Å². The van der Waals surface area contributed by atoms with E-state index in [-0.39, 0.29) is 5.57 Å². The number of halogens is 2. The molecular weight excluding hydrogens is 387 g/mol. The fraction of sp³-hybridized carbons (Fsp3) is 0.438. The Bertz CT molecular complexity index is 780. The summed E-state index contributed by atoms with van der Waals surface area (Å²) in [6, 6.07) is 4.70. The molecule has 0 aromatic heterocycles. The van der Waals surface area contributed by atoms with Gasteiger partial charge in [0.1, 0.15) is 0 Å². The first-order chi connectivity index (χ1) is 11.7. The third-order valence-electron chi connectivity index (χ3n) is 4.03. The maximum atomic E-state index is 11.6. The van der Waals surface area contributed by atoms with Crippen molar-refractivity contribution in [3.05, 3.63) is 39.9 Å². The number of hydrogen-bond acceptors (Lipinski definition) is 4. The van der Waals surface area contributed by atoms with Crippen LogP contribution in [-0.2, 0) is 14.8 Å². The van der Waals surface area contributed by atoms with Gasteiger partial charge in [-0.3, -0.25) is 4.90 Å². The molecule has 1 aromatic carbocycles. The Morgan fingerprint density at radius 1 is 1.20 bits per heavy atom. The highest BCUT2D eigenvalue weighted by atomic mass is 35.5. The number of carboxylic acid groups (broad SMARTS) is 1. The number of aliphatic carboxylic acids is 1. The van der Waals surface area contributed by atoms with E-state index >= 15 is 0 Å². The maximum Gasteiger partial charge on any atom is 0.336 e. The second-order valence-electron chi connectivity index (χ2n) is 5.87. The maximum absolute atomic E-state index is 11.6. The first kappa shape index (κ1) is 20.2. The quantitative estimate of drug-likeness (QED) is 0.759. The number of benzene rings is 1. The third-order valence-corrected chi connectivity index (χ3v) is 6.07. The van der Waals surface area contributed by atoms with E-state index in [1.807, 2.05) is 4.90 Å². The molecule has 0 spiro atoms. The average Bonchev–Trinajstić information content (AvgIpc) is 2.76. The van der Waals surface area contributed by atoms with Gasteiger partial charge < -0.3 is 5.11 Å². The zero-order valence-electron chi connectivity index (χ0n) is 13.8. The highest BCUT2D eigenvalue weighted by molar-refractivity contribution is 7.88. The van der Waals surface area contributed by atoms with E-state index in [0.29, 0.717) is 54.8 Å². The number of nitrogens with zero attached hydrogens (tertiary/aromatic N) is 2. The highest BCUT2D eigenvalue weighted by Crippen LogP contribution is 2.26. The van der Waals surface area contributed by atoms with Gasteiger partial charge in [-0.2, -0.15) is 0 Å². The van der Waals surface area contributed by atoms with Crippen LogP contribution in [0.4, 0.5) is 0 Å². The molecule has 0 amide bonds. The minimum atomic E-state index is -3.20. The molecule has 1 aliphatic heterocycles. The lowest BCUT2D eigenvalue weighted by atomic mass is 10.1. The Labute approximate surface area is 157 Å². The minimum Gasteiger partial charge on any atom is -0.478 e. The summed E-state index contributed by atoms with van der Waals surface area (Å²) in [4.78, 5) is 13.6. The highest BCUT2D eigenvalue weighted by Gasteiger charge is 2.21. The van der Waals surface area contributed by atoms with Crippen molar-refractivity contribution >= 4 is 44.8 Å². The van der Waals surface area contributed by atoms with Crippen molar-refractivity contribution in [3.63, 3.8) is 0 Å². The molecule has 2 rings (SSSR count). The summed E-state index contributed by atoms with van der Waals surface area (Å²) in [7, 11) is -3.20. The zero-order valence-corrected chi connectivity index (χ0v) is 16.1. The molecular formula is C16H20Cl2N2O4S. The summed E-state index contributed by atoms with van der Waals surface area (Å²) in [5, 5.41) is 10.1. The van der Waals surface area contributed by atoms with Gasteiger partial charge in [-0.25, -0.2) is 17.5 Å². The van der Waals surface area contributed by atoms with E-state index < -0.39 is 16.0 Å². The molecule has 0 atom stereocenters. The smallest absolute Gasteiger partial charge is 0.336 e. The molecule has 1 aliphatic rings. The summed E-state index contributed by atoms with van der Waals surface area (Å²) < 4.78 is 24.7. The number of carbonyl (C=O) groups is 1. The Morgan fingerprint density at radius 3 is 2.52 bits per heavy atom. The first-order valence-corrected chi connectivity index (χ1v) is 10.4. The van der Waals surface area contributed by atoms with Gasteiger partial charge in [0, 0.05) is 26.2 Å². The number of rotatable bonds is 5. The Kier molecular flexibility index (Phi) is 6.87. The van der Waals surface area contributed by atoms with Crippen LogP contribution in [0.5, 0.6) is 0 Å². The summed E-state index contributed by atoms with van der Waals surface area (Å²) in [5.41, 5.74) is 0.622. The summed E-state index contributed by atoms with van der Waals surface area (Å²) in [6.45, 7) is 2.56. The minimum absolute atomic E-state index is 0.141. The Balaban J connectivity index is 2.11. The van der Waals surface area contributed by atoms with Crippen molar-refractivity contribution in [2.45, 2.75) is 6.42 Å². The second kappa shape index (κ2) is 8.51. The van der Waals surface area contributed by atoms with E-state index in [1.165, 1.54) is 16.6 Å². The monoisotopic (exact) mass is 406 g/mol. The predicted molar refractivity (Wildman–Crippen MR) is 99.5 cm³/mol. The number of carboxylic acids is 1. The van der Waals surface area contributed by atoms with Crippen LogP contribution in [0.3, 0.4) is 0 Å². The SMILES string of the molecule is CS(=O)(=O)N1CCCN(C/C=C(\C(=O)O)c2ccc(Cl)c(Cl)c2)CC1. The van der Waals surface area contributed by atoms with Gasteiger partial charge in [0.05, 0.1) is 21.9 Å². The van der Waals surface area contributed by atoms with E-state index in [1.54, 1.807) is 18.2 Å². The third kappa shape index (κ3) is 5.69. The lowest BCUT2D eigenvalue weighted by Gasteiger charge is -2.19. The molecule has 0 saturated carbocycles. The fourth-order valence-electron chi connectivity index (χ4n) is 2.67. The Morgan fingerprint density at radius 2 is 1.92 bits per heavy atom. The van der Waals surface area contributed by atoms with Gasteiger partial charge in [-0.15, -0.1) is 0 Å². The predicted octanol–water partition coefficient (Wildman–Crippen LogP) is 2.43. The van der Waals surface area contributed by atoms with E-state index in [4.69, 9.17) is 23.2 Å². The van der Waals surface area contributed by atoms with Crippen LogP contribution in [0.15, 0.2) is 24.3 Å². The molecule has 0 aliphatic carbocycles. The molecule has 6 nitrogen and oxygen atoms in total. The molecule has 25 heavy (non-hydrogen) atoms. The molecule has 0 radical (unpaired) electrons. The van der Waals surface area contributed by atoms with E-state index in [9.17, 15) is 18.3 Å². The van der Waals surface area contributed by atoms with Crippen LogP contribution in [0.25, 0.3) is 5.57 Å². The molecule has 1 fully saturated rings. The first-order valence-electron chi connectivity index (χ1n) is 7.75. The summed E-state index contributed by atoms with van der Waals surface area (Å²) >= 11 is 11.8. The lowest BCUT2D eigenvalue weighted by Crippen LogP contribution is -2.34. The molecule has 1 N–H and O–H groups in total. The van der Waals surface area contributed by atoms with Crippen LogP contribution in [0.1, 0.15) is 12.0 Å². The van der Waals surface area contributed by atoms with Crippen molar-refractivity contribution in [1.29, 1.82) is 0 Å². The van der Waals surface area contributed by atoms with Gasteiger partial charge in [-0.1, -0.05) is 35.3 Å².